The lowest BCUT2D eigenvalue weighted by Crippen LogP contribution is -2.39. The first kappa shape index (κ1) is 12.6. The van der Waals surface area contributed by atoms with Gasteiger partial charge < -0.3 is 15.5 Å². The van der Waals surface area contributed by atoms with Gasteiger partial charge in [-0.2, -0.15) is 0 Å². The maximum Gasteiger partial charge on any atom is 0.241 e. The van der Waals surface area contributed by atoms with Crippen molar-refractivity contribution in [2.45, 2.75) is 19.3 Å². The van der Waals surface area contributed by atoms with Gasteiger partial charge in [0.15, 0.2) is 0 Å². The molecule has 1 aromatic rings. The molecule has 1 saturated heterocycles. The average Bonchev–Trinajstić information content (AvgIpc) is 2.46. The Morgan fingerprint density at radius 3 is 2.72 bits per heavy atom. The van der Waals surface area contributed by atoms with Crippen LogP contribution >= 0.6 is 0 Å². The van der Waals surface area contributed by atoms with E-state index in [9.17, 15) is 4.79 Å². The maximum absolute atomic E-state index is 11.9. The van der Waals surface area contributed by atoms with Crippen LogP contribution in [-0.2, 0) is 4.79 Å². The summed E-state index contributed by atoms with van der Waals surface area (Å²) in [5.74, 6) is 1.43. The number of piperidine rings is 1. The number of carbonyl (C=O) groups is 1. The highest BCUT2D eigenvalue weighted by atomic mass is 16.2. The predicted octanol–water partition coefficient (Wildman–Crippen LogP) is 0.943. The third-order valence-electron chi connectivity index (χ3n) is 3.02. The highest BCUT2D eigenvalue weighted by Crippen LogP contribution is 2.09. The number of likely N-dealkylation sites (tertiary alicyclic amines) is 1. The first-order chi connectivity index (χ1) is 8.79. The Morgan fingerprint density at radius 2 is 2.00 bits per heavy atom. The molecule has 0 radical (unpaired) electrons. The predicted molar refractivity (Wildman–Crippen MR) is 70.5 cm³/mol. The van der Waals surface area contributed by atoms with Crippen molar-refractivity contribution in [2.75, 3.05) is 37.3 Å². The Morgan fingerprint density at radius 1 is 1.28 bits per heavy atom. The van der Waals surface area contributed by atoms with E-state index in [0.29, 0.717) is 11.6 Å². The molecule has 0 aliphatic carbocycles. The van der Waals surface area contributed by atoms with Gasteiger partial charge in [-0.3, -0.25) is 9.78 Å². The minimum absolute atomic E-state index is 0.131. The molecule has 0 saturated carbocycles. The molecule has 0 atom stereocenters. The molecule has 0 bridgehead atoms. The summed E-state index contributed by atoms with van der Waals surface area (Å²) in [6, 6.07) is 0. The molecule has 98 valence electrons. The summed E-state index contributed by atoms with van der Waals surface area (Å²) in [7, 11) is 1.78. The van der Waals surface area contributed by atoms with Gasteiger partial charge in [0, 0.05) is 20.1 Å². The number of hydrogen-bond acceptors (Lipinski definition) is 5. The van der Waals surface area contributed by atoms with Gasteiger partial charge in [-0.15, -0.1) is 0 Å². The Labute approximate surface area is 107 Å². The monoisotopic (exact) mass is 249 g/mol. The van der Waals surface area contributed by atoms with E-state index in [1.165, 1.54) is 6.42 Å². The average molecular weight is 249 g/mol. The zero-order chi connectivity index (χ0) is 12.8. The summed E-state index contributed by atoms with van der Waals surface area (Å²) < 4.78 is 0. The van der Waals surface area contributed by atoms with Gasteiger partial charge in [0.25, 0.3) is 0 Å². The molecule has 6 heteroatoms. The lowest BCUT2D eigenvalue weighted by molar-refractivity contribution is -0.130. The third-order valence-corrected chi connectivity index (χ3v) is 3.02. The molecule has 0 spiro atoms. The second kappa shape index (κ2) is 6.18. The molecule has 1 amide bonds. The molecule has 2 heterocycles. The van der Waals surface area contributed by atoms with Crippen molar-refractivity contribution in [3.8, 4) is 0 Å². The summed E-state index contributed by atoms with van der Waals surface area (Å²) in [5, 5.41) is 5.92. The smallest absolute Gasteiger partial charge is 0.241 e. The molecular weight excluding hydrogens is 230 g/mol. The van der Waals surface area contributed by atoms with Crippen molar-refractivity contribution in [2.24, 2.45) is 0 Å². The second-order valence-electron chi connectivity index (χ2n) is 4.33. The highest BCUT2D eigenvalue weighted by Gasteiger charge is 2.15. The van der Waals surface area contributed by atoms with Crippen LogP contribution in [-0.4, -0.2) is 47.5 Å². The van der Waals surface area contributed by atoms with Gasteiger partial charge >= 0.3 is 0 Å². The van der Waals surface area contributed by atoms with E-state index in [0.717, 1.165) is 25.9 Å². The number of anilines is 2. The van der Waals surface area contributed by atoms with Crippen molar-refractivity contribution < 1.29 is 4.79 Å². The van der Waals surface area contributed by atoms with Crippen molar-refractivity contribution in [1.29, 1.82) is 0 Å². The summed E-state index contributed by atoms with van der Waals surface area (Å²) >= 11 is 0. The van der Waals surface area contributed by atoms with Crippen molar-refractivity contribution in [3.05, 3.63) is 12.4 Å². The Balaban J connectivity index is 1.84. The lowest BCUT2D eigenvalue weighted by Gasteiger charge is -2.26. The van der Waals surface area contributed by atoms with Gasteiger partial charge in [0.05, 0.1) is 18.9 Å². The van der Waals surface area contributed by atoms with Crippen LogP contribution < -0.4 is 10.6 Å². The molecule has 2 N–H and O–H groups in total. The SMILES string of the molecule is CNc1cncc(NCC(=O)N2CCCCC2)n1. The number of rotatable bonds is 4. The van der Waals surface area contributed by atoms with E-state index in [-0.39, 0.29) is 12.5 Å². The van der Waals surface area contributed by atoms with E-state index < -0.39 is 0 Å². The van der Waals surface area contributed by atoms with Gasteiger partial charge in [-0.25, -0.2) is 4.98 Å². The molecule has 0 unspecified atom stereocenters. The van der Waals surface area contributed by atoms with Gasteiger partial charge in [0.2, 0.25) is 5.91 Å². The van der Waals surface area contributed by atoms with Crippen molar-refractivity contribution >= 4 is 17.5 Å². The Kier molecular flexibility index (Phi) is 4.33. The second-order valence-corrected chi connectivity index (χ2v) is 4.33. The molecule has 1 aliphatic rings. The van der Waals surface area contributed by atoms with Crippen LogP contribution in [0.5, 0.6) is 0 Å². The van der Waals surface area contributed by atoms with Crippen LogP contribution in [0.3, 0.4) is 0 Å². The zero-order valence-electron chi connectivity index (χ0n) is 10.6. The van der Waals surface area contributed by atoms with Gasteiger partial charge in [0.1, 0.15) is 11.6 Å². The summed E-state index contributed by atoms with van der Waals surface area (Å²) in [5.41, 5.74) is 0. The number of nitrogens with one attached hydrogen (secondary N) is 2. The molecular formula is C12H19N5O. The number of amides is 1. The molecule has 18 heavy (non-hydrogen) atoms. The van der Waals surface area contributed by atoms with E-state index in [1.807, 2.05) is 4.90 Å². The van der Waals surface area contributed by atoms with Crippen LogP contribution in [0, 0.1) is 0 Å². The van der Waals surface area contributed by atoms with Crippen LogP contribution in [0.25, 0.3) is 0 Å². The normalized spacial score (nSPS) is 15.3. The van der Waals surface area contributed by atoms with E-state index >= 15 is 0 Å². The largest absolute Gasteiger partial charge is 0.372 e. The zero-order valence-corrected chi connectivity index (χ0v) is 10.6. The fourth-order valence-corrected chi connectivity index (χ4v) is 1.99. The summed E-state index contributed by atoms with van der Waals surface area (Å²) in [4.78, 5) is 22.1. The lowest BCUT2D eigenvalue weighted by atomic mass is 10.1. The van der Waals surface area contributed by atoms with Crippen LogP contribution in [0.4, 0.5) is 11.6 Å². The number of aromatic nitrogens is 2. The summed E-state index contributed by atoms with van der Waals surface area (Å²) in [6.45, 7) is 2.04. The standard InChI is InChI=1S/C12H19N5O/c1-13-10-7-14-8-11(16-10)15-9-12(18)17-5-3-2-4-6-17/h7-8H,2-6,9H2,1H3,(H2,13,15,16). The Hall–Kier alpha value is -1.85. The fourth-order valence-electron chi connectivity index (χ4n) is 1.99. The van der Waals surface area contributed by atoms with Crippen molar-refractivity contribution in [3.63, 3.8) is 0 Å². The van der Waals surface area contributed by atoms with Crippen LogP contribution in [0.2, 0.25) is 0 Å². The number of hydrogen-bond donors (Lipinski definition) is 2. The topological polar surface area (TPSA) is 70.2 Å². The van der Waals surface area contributed by atoms with Crippen molar-refractivity contribution in [1.82, 2.24) is 14.9 Å². The third kappa shape index (κ3) is 3.32. The highest BCUT2D eigenvalue weighted by molar-refractivity contribution is 5.80. The van der Waals surface area contributed by atoms with Crippen LogP contribution in [0.1, 0.15) is 19.3 Å². The molecule has 0 aromatic carbocycles. The maximum atomic E-state index is 11.9. The first-order valence-electron chi connectivity index (χ1n) is 6.31. The molecule has 1 aromatic heterocycles. The van der Waals surface area contributed by atoms with Gasteiger partial charge in [-0.05, 0) is 19.3 Å². The minimum atomic E-state index is 0.131. The Bertz CT molecular complexity index is 403. The molecule has 6 nitrogen and oxygen atoms in total. The van der Waals surface area contributed by atoms with Crippen LogP contribution in [0.15, 0.2) is 12.4 Å². The number of carbonyl (C=O) groups excluding carboxylic acids is 1. The molecule has 1 fully saturated rings. The van der Waals surface area contributed by atoms with E-state index in [4.69, 9.17) is 0 Å². The molecule has 2 rings (SSSR count). The quantitative estimate of drug-likeness (QED) is 0.831. The minimum Gasteiger partial charge on any atom is -0.372 e. The van der Waals surface area contributed by atoms with E-state index in [1.54, 1.807) is 19.4 Å². The number of nitrogens with zero attached hydrogens (tertiary/aromatic N) is 3. The summed E-state index contributed by atoms with van der Waals surface area (Å²) in [6.07, 6.45) is 6.70. The first-order valence-corrected chi connectivity index (χ1v) is 6.31. The van der Waals surface area contributed by atoms with E-state index in [2.05, 4.69) is 20.6 Å². The fraction of sp³-hybridized carbons (Fsp3) is 0.583. The molecule has 1 aliphatic heterocycles. The van der Waals surface area contributed by atoms with Gasteiger partial charge in [-0.1, -0.05) is 0 Å².